The first-order chi connectivity index (χ1) is 8.24. The van der Waals surface area contributed by atoms with Crippen LogP contribution in [-0.2, 0) is 0 Å². The summed E-state index contributed by atoms with van der Waals surface area (Å²) in [6.45, 7) is 7.19. The lowest BCUT2D eigenvalue weighted by Gasteiger charge is -2.19. The Morgan fingerprint density at radius 1 is 1.41 bits per heavy atom. The van der Waals surface area contributed by atoms with E-state index in [1.54, 1.807) is 0 Å². The Morgan fingerprint density at radius 2 is 2.18 bits per heavy atom. The molecule has 2 N–H and O–H groups in total. The summed E-state index contributed by atoms with van der Waals surface area (Å²) in [5.74, 6) is 0.953. The smallest absolute Gasteiger partial charge is 0.119 e. The van der Waals surface area contributed by atoms with E-state index in [4.69, 9.17) is 4.74 Å². The van der Waals surface area contributed by atoms with Crippen LogP contribution in [0, 0.1) is 6.92 Å². The van der Waals surface area contributed by atoms with Gasteiger partial charge >= 0.3 is 0 Å². The highest BCUT2D eigenvalue weighted by molar-refractivity contribution is 5.26. The number of nitrogens with one attached hydrogen (secondary N) is 2. The predicted octanol–water partition coefficient (Wildman–Crippen LogP) is 1.71. The van der Waals surface area contributed by atoms with Gasteiger partial charge in [0.15, 0.2) is 0 Å². The van der Waals surface area contributed by atoms with E-state index in [0.29, 0.717) is 12.1 Å². The number of hydrogen-bond donors (Lipinski definition) is 2. The molecule has 2 unspecified atom stereocenters. The molecular weight excluding hydrogens is 212 g/mol. The zero-order valence-corrected chi connectivity index (χ0v) is 10.7. The van der Waals surface area contributed by atoms with Gasteiger partial charge in [-0.1, -0.05) is 17.7 Å². The van der Waals surface area contributed by atoms with Crippen LogP contribution in [0.3, 0.4) is 0 Å². The molecule has 1 aromatic rings. The third-order valence-corrected chi connectivity index (χ3v) is 3.10. The van der Waals surface area contributed by atoms with Crippen LogP contribution in [0.2, 0.25) is 0 Å². The molecule has 1 aliphatic rings. The van der Waals surface area contributed by atoms with Gasteiger partial charge in [0, 0.05) is 18.6 Å². The van der Waals surface area contributed by atoms with Crippen molar-refractivity contribution < 1.29 is 4.74 Å². The quantitative estimate of drug-likeness (QED) is 0.814. The number of benzene rings is 1. The molecule has 17 heavy (non-hydrogen) atoms. The first-order valence-corrected chi connectivity index (χ1v) is 6.40. The maximum absolute atomic E-state index is 5.75. The van der Waals surface area contributed by atoms with Gasteiger partial charge in [-0.2, -0.15) is 0 Å². The summed E-state index contributed by atoms with van der Waals surface area (Å²) in [5.41, 5.74) is 1.26. The van der Waals surface area contributed by atoms with Crippen molar-refractivity contribution >= 4 is 0 Å². The van der Waals surface area contributed by atoms with Crippen molar-refractivity contribution in [2.45, 2.75) is 32.4 Å². The van der Waals surface area contributed by atoms with Crippen molar-refractivity contribution in [2.75, 3.05) is 19.7 Å². The summed E-state index contributed by atoms with van der Waals surface area (Å²) in [6.07, 6.45) is 1.22. The Kier molecular flexibility index (Phi) is 4.40. The molecule has 1 fully saturated rings. The van der Waals surface area contributed by atoms with E-state index in [0.717, 1.165) is 25.4 Å². The van der Waals surface area contributed by atoms with Gasteiger partial charge in [0.2, 0.25) is 0 Å². The van der Waals surface area contributed by atoms with Gasteiger partial charge in [0.1, 0.15) is 12.4 Å². The van der Waals surface area contributed by atoms with E-state index in [2.05, 4.69) is 36.6 Å². The van der Waals surface area contributed by atoms with Crippen LogP contribution in [-0.4, -0.2) is 31.8 Å². The number of rotatable bonds is 5. The highest BCUT2D eigenvalue weighted by atomic mass is 16.5. The molecule has 3 nitrogen and oxygen atoms in total. The van der Waals surface area contributed by atoms with Crippen LogP contribution in [0.1, 0.15) is 18.9 Å². The minimum atomic E-state index is 0.390. The van der Waals surface area contributed by atoms with Crippen molar-refractivity contribution in [3.63, 3.8) is 0 Å². The molecule has 2 atom stereocenters. The predicted molar refractivity (Wildman–Crippen MR) is 70.5 cm³/mol. The monoisotopic (exact) mass is 234 g/mol. The van der Waals surface area contributed by atoms with E-state index in [9.17, 15) is 0 Å². The van der Waals surface area contributed by atoms with Crippen LogP contribution in [0.15, 0.2) is 24.3 Å². The highest BCUT2D eigenvalue weighted by Crippen LogP contribution is 2.11. The second kappa shape index (κ2) is 6.03. The molecule has 0 amide bonds. The van der Waals surface area contributed by atoms with Gasteiger partial charge in [-0.05, 0) is 38.9 Å². The van der Waals surface area contributed by atoms with Gasteiger partial charge < -0.3 is 15.4 Å². The second-order valence-corrected chi connectivity index (χ2v) is 4.88. The lowest BCUT2D eigenvalue weighted by molar-refractivity contribution is 0.263. The first kappa shape index (κ1) is 12.4. The Morgan fingerprint density at radius 3 is 2.82 bits per heavy atom. The molecule has 2 rings (SSSR count). The number of aryl methyl sites for hydroxylation is 1. The van der Waals surface area contributed by atoms with Gasteiger partial charge in [0.05, 0.1) is 0 Å². The molecule has 0 bridgehead atoms. The zero-order valence-electron chi connectivity index (χ0n) is 10.7. The molecule has 1 saturated heterocycles. The molecule has 1 aromatic carbocycles. The summed E-state index contributed by atoms with van der Waals surface area (Å²) in [5, 5.41) is 6.93. The Hall–Kier alpha value is -1.06. The zero-order chi connectivity index (χ0) is 12.1. The fraction of sp³-hybridized carbons (Fsp3) is 0.571. The molecular formula is C14H22N2O. The molecule has 0 saturated carbocycles. The third kappa shape index (κ3) is 4.02. The highest BCUT2D eigenvalue weighted by Gasteiger charge is 2.16. The van der Waals surface area contributed by atoms with Gasteiger partial charge in [0.25, 0.3) is 0 Å². The van der Waals surface area contributed by atoms with Gasteiger partial charge in [-0.3, -0.25) is 0 Å². The van der Waals surface area contributed by atoms with Crippen molar-refractivity contribution in [3.05, 3.63) is 29.8 Å². The third-order valence-electron chi connectivity index (χ3n) is 3.10. The topological polar surface area (TPSA) is 33.3 Å². The molecule has 1 heterocycles. The summed E-state index contributed by atoms with van der Waals surface area (Å²) in [4.78, 5) is 0. The average molecular weight is 234 g/mol. The van der Waals surface area contributed by atoms with Gasteiger partial charge in [-0.15, -0.1) is 0 Å². The maximum Gasteiger partial charge on any atom is 0.119 e. The molecule has 0 aliphatic carbocycles. The van der Waals surface area contributed by atoms with Crippen LogP contribution in [0.4, 0.5) is 0 Å². The van der Waals surface area contributed by atoms with Crippen molar-refractivity contribution in [1.82, 2.24) is 10.6 Å². The van der Waals surface area contributed by atoms with E-state index in [1.807, 2.05) is 12.1 Å². The minimum absolute atomic E-state index is 0.390. The van der Waals surface area contributed by atoms with E-state index < -0.39 is 0 Å². The summed E-state index contributed by atoms with van der Waals surface area (Å²) < 4.78 is 5.75. The molecule has 0 spiro atoms. The Labute approximate surface area is 104 Å². The first-order valence-electron chi connectivity index (χ1n) is 6.40. The second-order valence-electron chi connectivity index (χ2n) is 4.88. The molecule has 0 radical (unpaired) electrons. The fourth-order valence-electron chi connectivity index (χ4n) is 2.10. The number of hydrogen-bond acceptors (Lipinski definition) is 3. The average Bonchev–Trinajstić information content (AvgIpc) is 2.81. The van der Waals surface area contributed by atoms with Crippen LogP contribution < -0.4 is 15.4 Å². The maximum atomic E-state index is 5.75. The summed E-state index contributed by atoms with van der Waals surface area (Å²) in [7, 11) is 0. The van der Waals surface area contributed by atoms with E-state index in [-0.39, 0.29) is 0 Å². The molecule has 94 valence electrons. The Balaban J connectivity index is 1.71. The lowest BCUT2D eigenvalue weighted by atomic mass is 10.2. The fourth-order valence-corrected chi connectivity index (χ4v) is 2.10. The van der Waals surface area contributed by atoms with Gasteiger partial charge in [-0.25, -0.2) is 0 Å². The Bertz CT molecular complexity index is 331. The lowest BCUT2D eigenvalue weighted by Crippen LogP contribution is -2.41. The summed E-state index contributed by atoms with van der Waals surface area (Å²) >= 11 is 0. The van der Waals surface area contributed by atoms with Crippen LogP contribution in [0.5, 0.6) is 5.75 Å². The SMILES string of the molecule is Cc1ccc(OCC(C)NC2CCNC2)cc1. The van der Waals surface area contributed by atoms with Crippen molar-refractivity contribution in [2.24, 2.45) is 0 Å². The minimum Gasteiger partial charge on any atom is -0.492 e. The normalized spacial score (nSPS) is 21.4. The molecule has 3 heteroatoms. The summed E-state index contributed by atoms with van der Waals surface area (Å²) in [6, 6.07) is 9.20. The van der Waals surface area contributed by atoms with Crippen molar-refractivity contribution in [3.8, 4) is 5.75 Å². The molecule has 0 aromatic heterocycles. The molecule has 1 aliphatic heterocycles. The standard InChI is InChI=1S/C14H22N2O/c1-11-3-5-14(6-4-11)17-10-12(2)16-13-7-8-15-9-13/h3-6,12-13,15-16H,7-10H2,1-2H3. The van der Waals surface area contributed by atoms with Crippen LogP contribution >= 0.6 is 0 Å². The van der Waals surface area contributed by atoms with Crippen molar-refractivity contribution in [1.29, 1.82) is 0 Å². The van der Waals surface area contributed by atoms with Crippen LogP contribution in [0.25, 0.3) is 0 Å². The van der Waals surface area contributed by atoms with E-state index >= 15 is 0 Å². The van der Waals surface area contributed by atoms with E-state index in [1.165, 1.54) is 12.0 Å². The number of ether oxygens (including phenoxy) is 1. The largest absolute Gasteiger partial charge is 0.492 e.